The minimum atomic E-state index is -0.313. The Morgan fingerprint density at radius 1 is 0.978 bits per heavy atom. The van der Waals surface area contributed by atoms with Gasteiger partial charge in [0.2, 0.25) is 5.91 Å². The Bertz CT molecular complexity index is 1320. The van der Waals surface area contributed by atoms with Crippen molar-refractivity contribution in [3.63, 3.8) is 0 Å². The lowest BCUT2D eigenvalue weighted by Crippen LogP contribution is -2.47. The van der Waals surface area contributed by atoms with Gasteiger partial charge in [0.05, 0.1) is 5.56 Å². The molecule has 0 saturated heterocycles. The third-order valence-corrected chi connectivity index (χ3v) is 11.9. The lowest BCUT2D eigenvalue weighted by molar-refractivity contribution is -0.131. The van der Waals surface area contributed by atoms with E-state index in [9.17, 15) is 14.4 Å². The maximum atomic E-state index is 13.1. The van der Waals surface area contributed by atoms with Crippen molar-refractivity contribution in [3.05, 3.63) is 64.6 Å². The van der Waals surface area contributed by atoms with Gasteiger partial charge < -0.3 is 9.64 Å². The highest BCUT2D eigenvalue weighted by molar-refractivity contribution is 5.90. The Morgan fingerprint density at radius 2 is 1.70 bits per heavy atom. The molecule has 1 aromatic carbocycles. The second kappa shape index (κ2) is 16.3. The molecule has 46 heavy (non-hydrogen) atoms. The average Bonchev–Trinajstić information content (AvgIpc) is 3.37. The highest BCUT2D eigenvalue weighted by Gasteiger charge is 2.57. The minimum Gasteiger partial charge on any atom is -0.419 e. The summed E-state index contributed by atoms with van der Waals surface area (Å²) in [6.45, 7) is 5.31. The minimum absolute atomic E-state index is 0.141. The number of nitrogens with zero attached hydrogens (tertiary/aromatic N) is 1. The number of hydrogen-bond acceptors (Lipinski definition) is 4. The third kappa shape index (κ3) is 8.14. The summed E-state index contributed by atoms with van der Waals surface area (Å²) in [4.78, 5) is 40.0. The van der Waals surface area contributed by atoms with E-state index in [0.29, 0.717) is 59.5 Å². The highest BCUT2D eigenvalue weighted by atomic mass is 16.5. The van der Waals surface area contributed by atoms with Gasteiger partial charge in [-0.1, -0.05) is 94.7 Å². The Morgan fingerprint density at radius 3 is 2.43 bits per heavy atom. The number of ether oxygens (including phenoxy) is 1. The summed E-state index contributed by atoms with van der Waals surface area (Å²) in [6, 6.07) is 9.21. The number of carbonyl (C=O) groups excluding carboxylic acids is 3. The van der Waals surface area contributed by atoms with Crippen LogP contribution < -0.4 is 0 Å². The first kappa shape index (κ1) is 34.4. The van der Waals surface area contributed by atoms with Crippen molar-refractivity contribution in [1.29, 1.82) is 0 Å². The van der Waals surface area contributed by atoms with Crippen LogP contribution in [0, 0.1) is 29.1 Å². The van der Waals surface area contributed by atoms with Gasteiger partial charge >= 0.3 is 5.97 Å². The topological polar surface area (TPSA) is 63.7 Å². The van der Waals surface area contributed by atoms with Gasteiger partial charge in [0, 0.05) is 38.3 Å². The number of carbonyl (C=O) groups is 3. The maximum Gasteiger partial charge on any atom is 0.343 e. The fraction of sp³-hybridized carbons (Fsp3) is 0.659. The van der Waals surface area contributed by atoms with Crippen LogP contribution in [0.3, 0.4) is 0 Å². The fourth-order valence-electron chi connectivity index (χ4n) is 9.17. The maximum absolute atomic E-state index is 13.1. The van der Waals surface area contributed by atoms with Crippen LogP contribution in [0.5, 0.6) is 0 Å². The van der Waals surface area contributed by atoms with E-state index in [4.69, 9.17) is 4.74 Å². The predicted octanol–water partition coefficient (Wildman–Crippen LogP) is 9.77. The van der Waals surface area contributed by atoms with Crippen LogP contribution in [0.1, 0.15) is 140 Å². The molecule has 1 aromatic rings. The van der Waals surface area contributed by atoms with Crippen molar-refractivity contribution >= 4 is 17.7 Å². The van der Waals surface area contributed by atoms with Crippen molar-refractivity contribution in [3.8, 4) is 0 Å². The molecule has 4 aliphatic rings. The van der Waals surface area contributed by atoms with Gasteiger partial charge in [0.1, 0.15) is 5.78 Å². The van der Waals surface area contributed by atoms with Gasteiger partial charge in [-0.15, -0.1) is 0 Å². The summed E-state index contributed by atoms with van der Waals surface area (Å²) in [5.41, 5.74) is 6.64. The van der Waals surface area contributed by atoms with Gasteiger partial charge in [0.15, 0.2) is 5.76 Å². The first-order valence-electron chi connectivity index (χ1n) is 18.5. The molecular formula is C41H57NO4. The largest absolute Gasteiger partial charge is 0.419 e. The molecule has 1 amide bonds. The van der Waals surface area contributed by atoms with Crippen LogP contribution in [0.4, 0.5) is 0 Å². The predicted molar refractivity (Wildman–Crippen MR) is 184 cm³/mol. The number of unbranched alkanes of at least 4 members (excludes halogenated alkanes) is 8. The zero-order valence-electron chi connectivity index (χ0n) is 28.8. The molecule has 5 rings (SSSR count). The average molecular weight is 628 g/mol. The molecule has 250 valence electrons. The van der Waals surface area contributed by atoms with Gasteiger partial charge in [-0.25, -0.2) is 4.79 Å². The molecule has 0 radical (unpaired) electrons. The summed E-state index contributed by atoms with van der Waals surface area (Å²) < 4.78 is 5.83. The van der Waals surface area contributed by atoms with Crippen LogP contribution >= 0.6 is 0 Å². The SMILES string of the molecule is CCCCN(C)C(=O)CCCCCCCCCC[C@@H]1CC2=C(C=C=C(OC(=O)c3ccccc3)C2)C2CC[C@]3(C)C(=O)CCC3C21. The second-order valence-corrected chi connectivity index (χ2v) is 14.9. The molecule has 0 N–H and O–H groups in total. The van der Waals surface area contributed by atoms with Gasteiger partial charge in [-0.05, 0) is 92.4 Å². The number of benzene rings is 1. The van der Waals surface area contributed by atoms with E-state index in [1.165, 1.54) is 56.1 Å². The molecule has 5 heteroatoms. The summed E-state index contributed by atoms with van der Waals surface area (Å²) >= 11 is 0. The van der Waals surface area contributed by atoms with Crippen molar-refractivity contribution in [2.75, 3.05) is 13.6 Å². The Kier molecular flexibility index (Phi) is 12.2. The van der Waals surface area contributed by atoms with Crippen LogP contribution in [0.2, 0.25) is 0 Å². The van der Waals surface area contributed by atoms with Crippen molar-refractivity contribution < 1.29 is 19.1 Å². The van der Waals surface area contributed by atoms with Crippen LogP contribution in [0.15, 0.2) is 59.0 Å². The van der Waals surface area contributed by atoms with E-state index >= 15 is 0 Å². The Labute approximate surface area is 277 Å². The van der Waals surface area contributed by atoms with Crippen LogP contribution in [-0.2, 0) is 14.3 Å². The first-order chi connectivity index (χ1) is 22.3. The second-order valence-electron chi connectivity index (χ2n) is 14.9. The summed E-state index contributed by atoms with van der Waals surface area (Å²) in [6.07, 6.45) is 21.6. The summed E-state index contributed by atoms with van der Waals surface area (Å²) in [5, 5.41) is 0. The zero-order valence-corrected chi connectivity index (χ0v) is 28.8. The molecule has 4 aliphatic carbocycles. The van der Waals surface area contributed by atoms with Crippen molar-refractivity contribution in [2.45, 2.75) is 129 Å². The van der Waals surface area contributed by atoms with E-state index in [1.807, 2.05) is 30.1 Å². The lowest BCUT2D eigenvalue weighted by Gasteiger charge is -2.52. The van der Waals surface area contributed by atoms with Crippen molar-refractivity contribution in [1.82, 2.24) is 4.90 Å². The fourth-order valence-corrected chi connectivity index (χ4v) is 9.17. The molecule has 0 heterocycles. The lowest BCUT2D eigenvalue weighted by atomic mass is 9.51. The molecule has 0 bridgehead atoms. The molecule has 0 aliphatic heterocycles. The molecule has 5 atom stereocenters. The van der Waals surface area contributed by atoms with E-state index in [1.54, 1.807) is 12.1 Å². The van der Waals surface area contributed by atoms with E-state index < -0.39 is 0 Å². The number of Topliss-reactive ketones (excluding diaryl/α,β-unsaturated/α-hetero) is 1. The molecule has 2 saturated carbocycles. The molecule has 3 unspecified atom stereocenters. The van der Waals surface area contributed by atoms with Crippen LogP contribution in [-0.4, -0.2) is 36.2 Å². The third-order valence-electron chi connectivity index (χ3n) is 11.9. The quantitative estimate of drug-likeness (QED) is 0.104. The zero-order chi connectivity index (χ0) is 32.5. The number of ketones is 1. The first-order valence-corrected chi connectivity index (χ1v) is 18.5. The van der Waals surface area contributed by atoms with Gasteiger partial charge in [-0.3, -0.25) is 9.59 Å². The summed E-state index contributed by atoms with van der Waals surface area (Å²) in [5.74, 6) is 3.26. The van der Waals surface area contributed by atoms with E-state index in [-0.39, 0.29) is 11.4 Å². The van der Waals surface area contributed by atoms with E-state index in [2.05, 4.69) is 25.7 Å². The van der Waals surface area contributed by atoms with Crippen LogP contribution in [0.25, 0.3) is 0 Å². The standard InChI is InChI=1S/C41H57NO4/c1-4-5-27-42(3)38(44)20-16-11-9-7-6-8-10-13-19-31-28-32-29-33(46-40(45)30-17-14-12-15-18-30)21-22-34(32)35-25-26-41(2)36(39(31)35)23-24-37(41)43/h12,14-15,17-18,22,31,35-36,39H,4-11,13,16,19-20,23-29H2,1-3H3/t31-,35?,36?,39?,41+/m1/s1. The smallest absolute Gasteiger partial charge is 0.343 e. The van der Waals surface area contributed by atoms with E-state index in [0.717, 1.165) is 64.3 Å². The van der Waals surface area contributed by atoms with Crippen molar-refractivity contribution in [2.24, 2.45) is 29.1 Å². The highest BCUT2D eigenvalue weighted by Crippen LogP contribution is 2.61. The normalized spacial score (nSPS) is 26.7. The molecule has 5 nitrogen and oxygen atoms in total. The molecule has 0 aromatic heterocycles. The number of esters is 1. The monoisotopic (exact) mass is 627 g/mol. The Hall–Kier alpha value is -2.91. The number of rotatable bonds is 16. The molecular weight excluding hydrogens is 570 g/mol. The van der Waals surface area contributed by atoms with Gasteiger partial charge in [-0.2, -0.15) is 0 Å². The number of allylic oxidation sites excluding steroid dienone is 2. The number of hydrogen-bond donors (Lipinski definition) is 0. The summed E-state index contributed by atoms with van der Waals surface area (Å²) in [7, 11) is 1.94. The van der Waals surface area contributed by atoms with Gasteiger partial charge in [0.25, 0.3) is 0 Å². The number of fused-ring (bicyclic) bond motifs is 4. The molecule has 0 spiro atoms. The number of amides is 1. The Balaban J connectivity index is 1.11. The molecule has 2 fully saturated rings.